The molecule has 0 radical (unpaired) electrons. The first kappa shape index (κ1) is 14.6. The zero-order valence-corrected chi connectivity index (χ0v) is 7.79. The molecule has 3 N–H and O–H groups in total. The van der Waals surface area contributed by atoms with Gasteiger partial charge in [0.1, 0.15) is 6.10 Å². The molecule has 1 saturated heterocycles. The lowest BCUT2D eigenvalue weighted by Crippen LogP contribution is -2.15. The van der Waals surface area contributed by atoms with E-state index in [0.29, 0.717) is 0 Å². The van der Waals surface area contributed by atoms with Gasteiger partial charge in [-0.25, -0.2) is 0 Å². The van der Waals surface area contributed by atoms with Crippen LogP contribution in [-0.2, 0) is 4.74 Å². The van der Waals surface area contributed by atoms with Crippen molar-refractivity contribution in [2.45, 2.75) is 18.9 Å². The summed E-state index contributed by atoms with van der Waals surface area (Å²) in [6.45, 7) is 1.27. The van der Waals surface area contributed by atoms with Gasteiger partial charge >= 0.3 is 0 Å². The lowest BCUT2D eigenvalue weighted by atomic mass is 10.4. The molecule has 0 aromatic rings. The summed E-state index contributed by atoms with van der Waals surface area (Å²) in [5.41, 5.74) is 0. The average molecular weight is 201 g/mol. The van der Waals surface area contributed by atoms with Crippen molar-refractivity contribution in [1.82, 2.24) is 0 Å². The van der Waals surface area contributed by atoms with Crippen molar-refractivity contribution in [3.8, 4) is 0 Å². The van der Waals surface area contributed by atoms with Crippen LogP contribution in [0.5, 0.6) is 0 Å². The number of aliphatic hydroxyl groups excluding tert-OH is 3. The molecular weight excluding hydrogens is 184 g/mol. The molecule has 4 nitrogen and oxygen atoms in total. The van der Waals surface area contributed by atoms with E-state index in [1.54, 1.807) is 0 Å². The van der Waals surface area contributed by atoms with Gasteiger partial charge in [-0.3, -0.25) is 0 Å². The Hall–Kier alpha value is 0.130. The van der Waals surface area contributed by atoms with Crippen LogP contribution in [0.1, 0.15) is 12.8 Å². The van der Waals surface area contributed by atoms with Crippen molar-refractivity contribution < 1.29 is 20.1 Å². The molecule has 1 aliphatic rings. The highest BCUT2D eigenvalue weighted by Crippen LogP contribution is 1.98. The minimum atomic E-state index is -0.954. The molecule has 1 fully saturated rings. The van der Waals surface area contributed by atoms with Crippen LogP contribution in [0.25, 0.3) is 0 Å². The summed E-state index contributed by atoms with van der Waals surface area (Å²) in [7, 11) is 0. The second kappa shape index (κ2) is 11.1. The topological polar surface area (TPSA) is 69.9 Å². The summed E-state index contributed by atoms with van der Waals surface area (Å²) in [6.07, 6.45) is 1.60. The highest BCUT2D eigenvalue weighted by molar-refractivity contribution is 5.85. The Balaban J connectivity index is 0. The zero-order chi connectivity index (χ0) is 8.53. The maximum atomic E-state index is 8.17. The Morgan fingerprint density at radius 1 is 1.08 bits per heavy atom. The lowest BCUT2D eigenvalue weighted by molar-refractivity contribution is 0.0450. The molecule has 76 valence electrons. The highest BCUT2D eigenvalue weighted by atomic mass is 35.5. The van der Waals surface area contributed by atoms with Crippen LogP contribution in [0.15, 0.2) is 0 Å². The first-order chi connectivity index (χ1) is 5.31. The molecule has 0 aromatic heterocycles. The third-order valence-corrected chi connectivity index (χ3v) is 1.25. The van der Waals surface area contributed by atoms with Gasteiger partial charge in [0.15, 0.2) is 0 Å². The summed E-state index contributed by atoms with van der Waals surface area (Å²) in [5.74, 6) is 0. The first-order valence-electron chi connectivity index (χ1n) is 3.78. The predicted octanol–water partition coefficient (Wildman–Crippen LogP) is -0.450. The van der Waals surface area contributed by atoms with Gasteiger partial charge in [-0.1, -0.05) is 0 Å². The van der Waals surface area contributed by atoms with Crippen molar-refractivity contribution in [3.63, 3.8) is 0 Å². The highest BCUT2D eigenvalue weighted by Gasteiger charge is 1.94. The van der Waals surface area contributed by atoms with Crippen LogP contribution in [0.3, 0.4) is 0 Å². The Labute approximate surface area is 78.6 Å². The fraction of sp³-hybridized carbons (Fsp3) is 1.00. The van der Waals surface area contributed by atoms with Crippen LogP contribution < -0.4 is 0 Å². The van der Waals surface area contributed by atoms with E-state index >= 15 is 0 Å². The predicted molar refractivity (Wildman–Crippen MR) is 47.5 cm³/mol. The standard InChI is InChI=1S/C4H8O.C3H8O3.ClH/c1-2-4-5-3-1;4-1-3(6)2-5;/h1-4H2;3-6H,1-2H2;1H. The van der Waals surface area contributed by atoms with Crippen molar-refractivity contribution in [3.05, 3.63) is 0 Å². The van der Waals surface area contributed by atoms with Gasteiger partial charge in [-0.2, -0.15) is 0 Å². The van der Waals surface area contributed by atoms with Gasteiger partial charge in [-0.05, 0) is 12.8 Å². The van der Waals surface area contributed by atoms with Crippen molar-refractivity contribution in [2.24, 2.45) is 0 Å². The molecule has 0 aromatic carbocycles. The second-order valence-corrected chi connectivity index (χ2v) is 2.34. The molecule has 0 spiro atoms. The van der Waals surface area contributed by atoms with E-state index < -0.39 is 6.10 Å². The molecule has 0 atom stereocenters. The van der Waals surface area contributed by atoms with E-state index in [9.17, 15) is 0 Å². The summed E-state index contributed by atoms with van der Waals surface area (Å²) in [6, 6.07) is 0. The number of ether oxygens (including phenoxy) is 1. The molecular formula is C7H17ClO4. The Morgan fingerprint density at radius 2 is 1.50 bits per heavy atom. The first-order valence-corrected chi connectivity index (χ1v) is 3.78. The SMILES string of the molecule is C1CCOC1.Cl.OCC(O)CO. The minimum absolute atomic E-state index is 0. The molecule has 0 unspecified atom stereocenters. The monoisotopic (exact) mass is 200 g/mol. The Morgan fingerprint density at radius 3 is 1.58 bits per heavy atom. The van der Waals surface area contributed by atoms with Crippen LogP contribution in [0.2, 0.25) is 0 Å². The van der Waals surface area contributed by atoms with Crippen LogP contribution in [-0.4, -0.2) is 47.9 Å². The van der Waals surface area contributed by atoms with Crippen molar-refractivity contribution in [2.75, 3.05) is 26.4 Å². The van der Waals surface area contributed by atoms with E-state index in [1.807, 2.05) is 0 Å². The molecule has 0 amide bonds. The lowest BCUT2D eigenvalue weighted by Gasteiger charge is -1.96. The molecule has 1 aliphatic heterocycles. The Bertz CT molecular complexity index is 66.2. The van der Waals surface area contributed by atoms with Crippen LogP contribution in [0.4, 0.5) is 0 Å². The van der Waals surface area contributed by atoms with Crippen molar-refractivity contribution in [1.29, 1.82) is 0 Å². The van der Waals surface area contributed by atoms with E-state index in [-0.39, 0.29) is 25.6 Å². The zero-order valence-electron chi connectivity index (χ0n) is 6.98. The number of rotatable bonds is 2. The summed E-state index contributed by atoms with van der Waals surface area (Å²) in [4.78, 5) is 0. The third kappa shape index (κ3) is 10.1. The fourth-order valence-electron chi connectivity index (χ4n) is 0.568. The largest absolute Gasteiger partial charge is 0.394 e. The second-order valence-electron chi connectivity index (χ2n) is 2.34. The normalized spacial score (nSPS) is 15.0. The maximum absolute atomic E-state index is 8.17. The molecule has 12 heavy (non-hydrogen) atoms. The molecule has 1 rings (SSSR count). The third-order valence-electron chi connectivity index (χ3n) is 1.25. The molecule has 1 heterocycles. The smallest absolute Gasteiger partial charge is 0.100 e. The van der Waals surface area contributed by atoms with Gasteiger partial charge in [0, 0.05) is 13.2 Å². The van der Waals surface area contributed by atoms with Gasteiger partial charge in [0.05, 0.1) is 13.2 Å². The van der Waals surface area contributed by atoms with Crippen molar-refractivity contribution >= 4 is 12.4 Å². The van der Waals surface area contributed by atoms with Gasteiger partial charge in [-0.15, -0.1) is 12.4 Å². The quantitative estimate of drug-likeness (QED) is 0.565. The van der Waals surface area contributed by atoms with E-state index in [0.717, 1.165) is 13.2 Å². The average Bonchev–Trinajstić information content (AvgIpc) is 2.60. The van der Waals surface area contributed by atoms with E-state index in [4.69, 9.17) is 20.1 Å². The van der Waals surface area contributed by atoms with Gasteiger partial charge in [0.25, 0.3) is 0 Å². The number of halogens is 1. The molecule has 0 bridgehead atoms. The summed E-state index contributed by atoms with van der Waals surface area (Å²) >= 11 is 0. The van der Waals surface area contributed by atoms with Gasteiger partial charge < -0.3 is 20.1 Å². The minimum Gasteiger partial charge on any atom is -0.394 e. The van der Waals surface area contributed by atoms with Crippen LogP contribution >= 0.6 is 12.4 Å². The number of hydrogen-bond donors (Lipinski definition) is 3. The maximum Gasteiger partial charge on any atom is 0.100 e. The number of hydrogen-bond acceptors (Lipinski definition) is 4. The van der Waals surface area contributed by atoms with Crippen LogP contribution in [0, 0.1) is 0 Å². The van der Waals surface area contributed by atoms with E-state index in [2.05, 4.69) is 0 Å². The molecule has 0 saturated carbocycles. The molecule has 0 aliphatic carbocycles. The number of aliphatic hydroxyl groups is 3. The van der Waals surface area contributed by atoms with Gasteiger partial charge in [0.2, 0.25) is 0 Å². The summed E-state index contributed by atoms with van der Waals surface area (Å²) < 4.78 is 4.94. The summed E-state index contributed by atoms with van der Waals surface area (Å²) in [5, 5.41) is 24.0. The molecule has 5 heteroatoms. The Kier molecular flexibility index (Phi) is 13.6. The van der Waals surface area contributed by atoms with E-state index in [1.165, 1.54) is 12.8 Å². The fourth-order valence-corrected chi connectivity index (χ4v) is 0.568.